The minimum Gasteiger partial charge on any atom is -0.362 e. The number of hydrogen-bond acceptors (Lipinski definition) is 1. The molecule has 0 fully saturated rings. The second-order valence-electron chi connectivity index (χ2n) is 4.76. The number of halogens is 1. The average molecular weight is 299 g/mol. The summed E-state index contributed by atoms with van der Waals surface area (Å²) >= 11 is 11.1. The molecule has 0 aliphatic carbocycles. The zero-order valence-corrected chi connectivity index (χ0v) is 13.3. The molecule has 0 amide bonds. The van der Waals surface area contributed by atoms with Crippen LogP contribution in [0.1, 0.15) is 39.5 Å². The Kier molecular flexibility index (Phi) is 7.84. The molecule has 4 heteroatoms. The Bertz CT molecular complexity index is 378. The highest BCUT2D eigenvalue weighted by Crippen LogP contribution is 2.14. The molecule has 0 saturated carbocycles. The van der Waals surface area contributed by atoms with Gasteiger partial charge in [0.05, 0.1) is 0 Å². The summed E-state index contributed by atoms with van der Waals surface area (Å²) in [6.07, 6.45) is 5.00. The van der Waals surface area contributed by atoms with E-state index in [1.54, 1.807) is 0 Å². The Hall–Kier alpha value is -0.800. The maximum atomic E-state index is 5.84. The highest BCUT2D eigenvalue weighted by atomic mass is 35.5. The van der Waals surface area contributed by atoms with Crippen LogP contribution in [0.5, 0.6) is 0 Å². The fourth-order valence-corrected chi connectivity index (χ4v) is 2.22. The van der Waals surface area contributed by atoms with Crippen LogP contribution in [0, 0.1) is 5.92 Å². The standard InChI is InChI=1S/C15H23ClN2S/c1-3-5-6-12(4-2)11-17-15(19)18-14-9-7-13(16)8-10-14/h7-10,12H,3-6,11H2,1-2H3,(H2,17,18,19). The Morgan fingerprint density at radius 2 is 1.95 bits per heavy atom. The SMILES string of the molecule is CCCCC(CC)CNC(=S)Nc1ccc(Cl)cc1. The Labute approximate surface area is 126 Å². The molecule has 0 radical (unpaired) electrons. The van der Waals surface area contributed by atoms with Gasteiger partial charge in [0, 0.05) is 17.3 Å². The lowest BCUT2D eigenvalue weighted by Gasteiger charge is -2.17. The first-order chi connectivity index (χ1) is 9.15. The third kappa shape index (κ3) is 6.79. The summed E-state index contributed by atoms with van der Waals surface area (Å²) in [6.45, 7) is 5.40. The molecule has 2 nitrogen and oxygen atoms in total. The molecule has 1 atom stereocenters. The normalized spacial score (nSPS) is 11.9. The van der Waals surface area contributed by atoms with Crippen molar-refractivity contribution >= 4 is 34.6 Å². The van der Waals surface area contributed by atoms with Gasteiger partial charge in [-0.25, -0.2) is 0 Å². The molecule has 0 heterocycles. The smallest absolute Gasteiger partial charge is 0.170 e. The maximum absolute atomic E-state index is 5.84. The van der Waals surface area contributed by atoms with E-state index >= 15 is 0 Å². The van der Waals surface area contributed by atoms with Gasteiger partial charge in [-0.2, -0.15) is 0 Å². The van der Waals surface area contributed by atoms with Crippen LogP contribution in [0.2, 0.25) is 5.02 Å². The second-order valence-corrected chi connectivity index (χ2v) is 5.60. The topological polar surface area (TPSA) is 24.1 Å². The van der Waals surface area contributed by atoms with Crippen LogP contribution in [-0.4, -0.2) is 11.7 Å². The van der Waals surface area contributed by atoms with Crippen molar-refractivity contribution in [3.05, 3.63) is 29.3 Å². The third-order valence-electron chi connectivity index (χ3n) is 3.20. The van der Waals surface area contributed by atoms with Gasteiger partial charge in [0.2, 0.25) is 0 Å². The van der Waals surface area contributed by atoms with Crippen LogP contribution in [0.25, 0.3) is 0 Å². The molecule has 0 spiro atoms. The molecule has 0 bridgehead atoms. The van der Waals surface area contributed by atoms with Crippen LogP contribution >= 0.6 is 23.8 Å². The van der Waals surface area contributed by atoms with Crippen molar-refractivity contribution < 1.29 is 0 Å². The number of anilines is 1. The van der Waals surface area contributed by atoms with Gasteiger partial charge in [-0.1, -0.05) is 44.7 Å². The minimum absolute atomic E-state index is 0.678. The highest BCUT2D eigenvalue weighted by Gasteiger charge is 2.06. The number of hydrogen-bond donors (Lipinski definition) is 2. The predicted molar refractivity (Wildman–Crippen MR) is 89.0 cm³/mol. The van der Waals surface area contributed by atoms with Crippen molar-refractivity contribution in [2.24, 2.45) is 5.92 Å². The molecule has 0 aliphatic rings. The van der Waals surface area contributed by atoms with Gasteiger partial charge in [0.1, 0.15) is 0 Å². The van der Waals surface area contributed by atoms with E-state index in [9.17, 15) is 0 Å². The van der Waals surface area contributed by atoms with E-state index in [1.165, 1.54) is 25.7 Å². The number of nitrogens with one attached hydrogen (secondary N) is 2. The van der Waals surface area contributed by atoms with Crippen LogP contribution in [0.4, 0.5) is 5.69 Å². The van der Waals surface area contributed by atoms with Gasteiger partial charge in [-0.15, -0.1) is 0 Å². The quantitative estimate of drug-likeness (QED) is 0.704. The first kappa shape index (κ1) is 16.3. The number of benzene rings is 1. The van der Waals surface area contributed by atoms with E-state index in [-0.39, 0.29) is 0 Å². The van der Waals surface area contributed by atoms with Crippen molar-refractivity contribution in [3.8, 4) is 0 Å². The van der Waals surface area contributed by atoms with E-state index in [4.69, 9.17) is 23.8 Å². The summed E-state index contributed by atoms with van der Waals surface area (Å²) in [5.41, 5.74) is 0.962. The van der Waals surface area contributed by atoms with Crippen LogP contribution < -0.4 is 10.6 Å². The first-order valence-electron chi connectivity index (χ1n) is 6.96. The molecular formula is C15H23ClN2S. The third-order valence-corrected chi connectivity index (χ3v) is 3.70. The summed E-state index contributed by atoms with van der Waals surface area (Å²) in [6, 6.07) is 7.54. The summed E-state index contributed by atoms with van der Waals surface area (Å²) in [5.74, 6) is 0.699. The zero-order chi connectivity index (χ0) is 14.1. The lowest BCUT2D eigenvalue weighted by molar-refractivity contribution is 0.446. The predicted octanol–water partition coefficient (Wildman–Crippen LogP) is 4.84. The van der Waals surface area contributed by atoms with Gasteiger partial charge in [-0.3, -0.25) is 0 Å². The summed E-state index contributed by atoms with van der Waals surface area (Å²) in [7, 11) is 0. The number of unbranched alkanes of at least 4 members (excludes halogenated alkanes) is 1. The van der Waals surface area contributed by atoms with Crippen molar-refractivity contribution in [1.82, 2.24) is 5.32 Å². The molecule has 1 unspecified atom stereocenters. The van der Waals surface area contributed by atoms with Gasteiger partial charge >= 0.3 is 0 Å². The van der Waals surface area contributed by atoms with Gasteiger partial charge in [0.15, 0.2) is 5.11 Å². The largest absolute Gasteiger partial charge is 0.362 e. The molecule has 1 aromatic rings. The van der Waals surface area contributed by atoms with Gasteiger partial charge in [0.25, 0.3) is 0 Å². The van der Waals surface area contributed by atoms with E-state index in [2.05, 4.69) is 24.5 Å². The number of rotatable bonds is 7. The lowest BCUT2D eigenvalue weighted by atomic mass is 9.99. The average Bonchev–Trinajstić information content (AvgIpc) is 2.42. The highest BCUT2D eigenvalue weighted by molar-refractivity contribution is 7.80. The van der Waals surface area contributed by atoms with E-state index in [0.29, 0.717) is 11.0 Å². The van der Waals surface area contributed by atoms with E-state index < -0.39 is 0 Å². The van der Waals surface area contributed by atoms with Gasteiger partial charge < -0.3 is 10.6 Å². The van der Waals surface area contributed by atoms with Crippen molar-refractivity contribution in [2.45, 2.75) is 39.5 Å². The Morgan fingerprint density at radius 3 is 2.53 bits per heavy atom. The van der Waals surface area contributed by atoms with Crippen molar-refractivity contribution in [2.75, 3.05) is 11.9 Å². The summed E-state index contributed by atoms with van der Waals surface area (Å²) in [4.78, 5) is 0. The van der Waals surface area contributed by atoms with Crippen LogP contribution in [0.3, 0.4) is 0 Å². The monoisotopic (exact) mass is 298 g/mol. The zero-order valence-electron chi connectivity index (χ0n) is 11.7. The summed E-state index contributed by atoms with van der Waals surface area (Å²) < 4.78 is 0. The molecule has 19 heavy (non-hydrogen) atoms. The lowest BCUT2D eigenvalue weighted by Crippen LogP contribution is -2.32. The Balaban J connectivity index is 2.32. The molecule has 1 rings (SSSR count). The number of thiocarbonyl (C=S) groups is 1. The fraction of sp³-hybridized carbons (Fsp3) is 0.533. The van der Waals surface area contributed by atoms with Gasteiger partial charge in [-0.05, 0) is 48.8 Å². The molecular weight excluding hydrogens is 276 g/mol. The van der Waals surface area contributed by atoms with Crippen molar-refractivity contribution in [3.63, 3.8) is 0 Å². The maximum Gasteiger partial charge on any atom is 0.170 e. The minimum atomic E-state index is 0.678. The molecule has 106 valence electrons. The Morgan fingerprint density at radius 1 is 1.26 bits per heavy atom. The fourth-order valence-electron chi connectivity index (χ4n) is 1.89. The molecule has 1 aromatic carbocycles. The van der Waals surface area contributed by atoms with E-state index in [0.717, 1.165) is 17.3 Å². The van der Waals surface area contributed by atoms with Crippen LogP contribution in [-0.2, 0) is 0 Å². The van der Waals surface area contributed by atoms with Crippen molar-refractivity contribution in [1.29, 1.82) is 0 Å². The second kappa shape index (κ2) is 9.16. The van der Waals surface area contributed by atoms with Crippen LogP contribution in [0.15, 0.2) is 24.3 Å². The molecule has 0 aliphatic heterocycles. The molecule has 2 N–H and O–H groups in total. The molecule has 0 aromatic heterocycles. The van der Waals surface area contributed by atoms with E-state index in [1.807, 2.05) is 24.3 Å². The first-order valence-corrected chi connectivity index (χ1v) is 7.74. The summed E-state index contributed by atoms with van der Waals surface area (Å²) in [5, 5.41) is 7.87. The molecule has 0 saturated heterocycles.